The van der Waals surface area contributed by atoms with Crippen molar-refractivity contribution >= 4 is 185 Å². The highest BCUT2D eigenvalue weighted by molar-refractivity contribution is 6.35. The molecule has 4 aromatic heterocycles. The number of benzene rings is 27. The van der Waals surface area contributed by atoms with E-state index in [-0.39, 0.29) is 65.0 Å². The van der Waals surface area contributed by atoms with Crippen LogP contribution in [0.25, 0.3) is 296 Å². The predicted molar refractivity (Wildman–Crippen MR) is 627 cm³/mol. The van der Waals surface area contributed by atoms with E-state index in [0.717, 1.165) is 142 Å². The van der Waals surface area contributed by atoms with Gasteiger partial charge in [0.2, 0.25) is 0 Å². The summed E-state index contributed by atoms with van der Waals surface area (Å²) in [5.41, 5.74) is 24.9. The van der Waals surface area contributed by atoms with Gasteiger partial charge in [-0.1, -0.05) is 436 Å². The van der Waals surface area contributed by atoms with Crippen LogP contribution in [0.2, 0.25) is 0 Å². The summed E-state index contributed by atoms with van der Waals surface area (Å²) >= 11 is 0. The van der Waals surface area contributed by atoms with Crippen LogP contribution in [0.1, 0.15) is 20.6 Å². The third kappa shape index (κ3) is 15.2. The molecule has 31 aromatic rings. The molecular weight excluding hydrogens is 1790 g/mol. The Morgan fingerprint density at radius 3 is 0.642 bits per heavy atom. The van der Waals surface area contributed by atoms with Crippen molar-refractivity contribution in [3.63, 3.8) is 0 Å². The van der Waals surface area contributed by atoms with Crippen molar-refractivity contribution < 1.29 is 38.2 Å². The third-order valence-electron chi connectivity index (χ3n) is 29.1. The van der Waals surface area contributed by atoms with Crippen LogP contribution in [0.5, 0.6) is 0 Å². The Kier molecular flexibility index (Phi) is 17.7. The predicted octanol–water partition coefficient (Wildman–Crippen LogP) is 41.4. The van der Waals surface area contributed by atoms with Crippen LogP contribution in [0.4, 0.5) is 0 Å². The Bertz CT molecular complexity index is 11600. The van der Waals surface area contributed by atoms with Crippen molar-refractivity contribution in [1.29, 1.82) is 0 Å². The number of hydrogen-bond donors (Lipinski definition) is 0. The topological polar surface area (TPSA) is 52.6 Å². The van der Waals surface area contributed by atoms with Gasteiger partial charge in [-0.25, -0.2) is 0 Å². The molecule has 31 rings (SSSR count). The van der Waals surface area contributed by atoms with Crippen LogP contribution in [0.15, 0.2) is 563 Å². The molecule has 27 aromatic carbocycles. The van der Waals surface area contributed by atoms with Crippen molar-refractivity contribution in [3.05, 3.63) is 546 Å². The molecule has 0 radical (unpaired) electrons. The smallest absolute Gasteiger partial charge is 0.143 e. The summed E-state index contributed by atoms with van der Waals surface area (Å²) in [7, 11) is 0. The second-order valence-electron chi connectivity index (χ2n) is 37.4. The summed E-state index contributed by atoms with van der Waals surface area (Å²) in [6.45, 7) is 0. The van der Waals surface area contributed by atoms with Crippen LogP contribution >= 0.6 is 0 Å². The molecule has 4 heteroatoms. The first-order chi connectivity index (χ1) is 79.6. The van der Waals surface area contributed by atoms with Crippen molar-refractivity contribution in [3.8, 4) is 111 Å². The third-order valence-corrected chi connectivity index (χ3v) is 29.1. The molecule has 0 bridgehead atoms. The molecule has 0 fully saturated rings. The second kappa shape index (κ2) is 36.5. The average molecular weight is 1900 g/mol. The Hall–Kier alpha value is -19.5. The highest BCUT2D eigenvalue weighted by atomic mass is 16.3. The molecule has 0 aliphatic rings. The fourth-order valence-corrected chi connectivity index (χ4v) is 22.1. The standard InChI is InChI=1S/C42H26O.C38H24O.2C32H20O/c1-2-10-27(11-3-1)31-21-23-38-40(26-31)43-42-37-22-20-30(25-39(37)35-17-6-7-18-36(35)41(38)42)29-14-8-15-32(24-29)34-19-9-13-28-12-4-5-16-33(28)34;1-3-10-25(11-4-1)27-14-9-15-28(22-27)29-18-20-33-35(23-29)31-16-7-8-17-32(31)37-34-21-19-30(24-36(34)39-38(33)37)26-12-5-2-6-13-26;2*1-3-9-21(10-4-1)23-15-17-27-29(19-23)25-13-7-8-14-26(25)31-28-18-16-24(20-30(28)33-32(27)31)22-11-5-2-6-12-22/h1-26H;1-24H;2*1-20H/i;;1D,2D,3D,4D,5D,6D,9D,10D,11D,12D;1D,3D,4D,9D,10D. The highest BCUT2D eigenvalue weighted by Gasteiger charge is 2.25. The molecule has 0 spiro atoms. The van der Waals surface area contributed by atoms with E-state index in [0.29, 0.717) is 27.9 Å². The first-order valence-electron chi connectivity index (χ1n) is 57.0. The van der Waals surface area contributed by atoms with Crippen LogP contribution in [-0.4, -0.2) is 0 Å². The molecule has 4 heterocycles. The molecule has 690 valence electrons. The zero-order chi connectivity index (χ0) is 111. The largest absolute Gasteiger partial charge is 0.455 e. The Morgan fingerprint density at radius 1 is 0.122 bits per heavy atom. The molecule has 0 saturated carbocycles. The minimum Gasteiger partial charge on any atom is -0.455 e. The second-order valence-corrected chi connectivity index (χ2v) is 37.4. The summed E-state index contributed by atoms with van der Waals surface area (Å²) in [5, 5.41) is 27.7. The summed E-state index contributed by atoms with van der Waals surface area (Å²) in [6.07, 6.45) is 0. The fourth-order valence-electron chi connectivity index (χ4n) is 22.1. The van der Waals surface area contributed by atoms with Crippen LogP contribution < -0.4 is 0 Å². The van der Waals surface area contributed by atoms with E-state index in [4.69, 9.17) is 38.2 Å². The molecule has 0 aliphatic carbocycles. The first kappa shape index (κ1) is 71.8. The zero-order valence-electron chi connectivity index (χ0n) is 94.4. The molecule has 0 N–H and O–H groups in total. The summed E-state index contributed by atoms with van der Waals surface area (Å²) in [4.78, 5) is 0. The first-order valence-corrected chi connectivity index (χ1v) is 49.5. The molecule has 0 amide bonds. The molecule has 4 nitrogen and oxygen atoms in total. The lowest BCUT2D eigenvalue weighted by molar-refractivity contribution is 0.672. The molecular formula is C144H90O4. The maximum Gasteiger partial charge on any atom is 0.143 e. The number of hydrogen-bond acceptors (Lipinski definition) is 4. The van der Waals surface area contributed by atoms with Gasteiger partial charge in [-0.2, -0.15) is 0 Å². The van der Waals surface area contributed by atoms with Crippen LogP contribution in [0, 0.1) is 0 Å². The Balaban J connectivity index is 0.000000102. The normalized spacial score (nSPS) is 13.1. The summed E-state index contributed by atoms with van der Waals surface area (Å²) < 4.78 is 149. The number of furan rings is 4. The van der Waals surface area contributed by atoms with E-state index in [2.05, 4.69) is 340 Å². The average Bonchev–Trinajstić information content (AvgIpc) is 1.59. The van der Waals surface area contributed by atoms with Crippen molar-refractivity contribution in [2.75, 3.05) is 0 Å². The van der Waals surface area contributed by atoms with Gasteiger partial charge in [0, 0.05) is 64.6 Å². The Morgan fingerprint density at radius 2 is 0.331 bits per heavy atom. The quantitative estimate of drug-likeness (QED) is 0.128. The van der Waals surface area contributed by atoms with E-state index >= 15 is 0 Å². The number of fused-ring (bicyclic) bond motifs is 33. The maximum absolute atomic E-state index is 8.46. The van der Waals surface area contributed by atoms with Gasteiger partial charge in [0.15, 0.2) is 0 Å². The lowest BCUT2D eigenvalue weighted by Crippen LogP contribution is -1.85. The Labute approximate surface area is 874 Å². The van der Waals surface area contributed by atoms with Gasteiger partial charge in [0.25, 0.3) is 0 Å². The van der Waals surface area contributed by atoms with E-state index in [9.17, 15) is 0 Å². The van der Waals surface area contributed by atoms with Gasteiger partial charge in [-0.15, -0.1) is 0 Å². The van der Waals surface area contributed by atoms with Crippen molar-refractivity contribution in [2.45, 2.75) is 0 Å². The molecule has 148 heavy (non-hydrogen) atoms. The monoisotopic (exact) mass is 1900 g/mol. The maximum atomic E-state index is 8.46. The fraction of sp³-hybridized carbons (Fsp3) is 0. The summed E-state index contributed by atoms with van der Waals surface area (Å²) in [5.74, 6) is 0. The lowest BCUT2D eigenvalue weighted by atomic mass is 9.92. The van der Waals surface area contributed by atoms with Crippen molar-refractivity contribution in [2.24, 2.45) is 0 Å². The van der Waals surface area contributed by atoms with E-state index in [1.54, 1.807) is 18.2 Å². The van der Waals surface area contributed by atoms with Gasteiger partial charge in [-0.05, 0) is 296 Å². The molecule has 0 unspecified atom stereocenters. The zero-order valence-corrected chi connectivity index (χ0v) is 79.4. The molecule has 0 aliphatic heterocycles. The van der Waals surface area contributed by atoms with E-state index in [1.165, 1.54) is 109 Å². The SMILES string of the molecule is [2H]c1c([2H])c([2H])c(-c2ccc3c(c2)c2ccccc2c2c4ccc(-c5ccccc5)cc4oc32)c([2H])c1[2H].[2H]c1c([2H])c([2H])c(-c2ccc3c(c2)oc2c4ccc(-c5c([2H])c([2H])c([2H])c([2H])c5[2H])cc4c4ccccc4c32)c([2H])c1[2H].c1ccc(-c2ccc3c(c2)oc2c4ccc(-c5cccc(-c6cccc7ccccc67)c5)cc4c4ccccc4c32)cc1.c1ccc(-c2cccc(-c3ccc4c(c3)c3ccccc3c3c5ccc(-c6ccccc6)cc5oc43)c2)cc1. The summed E-state index contributed by atoms with van der Waals surface area (Å²) in [6, 6.07) is 152. The van der Waals surface area contributed by atoms with Crippen LogP contribution in [-0.2, 0) is 0 Å². The minimum absolute atomic E-state index is 0.0892. The van der Waals surface area contributed by atoms with Gasteiger partial charge in [-0.3, -0.25) is 0 Å². The van der Waals surface area contributed by atoms with Crippen molar-refractivity contribution in [1.82, 2.24) is 0 Å². The van der Waals surface area contributed by atoms with E-state index < -0.39 is 42.3 Å². The number of rotatable bonds is 10. The lowest BCUT2D eigenvalue weighted by Gasteiger charge is -2.11. The molecule has 0 atom stereocenters. The van der Waals surface area contributed by atoms with Gasteiger partial charge < -0.3 is 17.7 Å². The van der Waals surface area contributed by atoms with E-state index in [1.807, 2.05) is 97.1 Å². The van der Waals surface area contributed by atoms with Crippen LogP contribution in [0.3, 0.4) is 0 Å². The van der Waals surface area contributed by atoms with Gasteiger partial charge in [0.1, 0.15) is 44.7 Å². The van der Waals surface area contributed by atoms with Gasteiger partial charge >= 0.3 is 0 Å². The van der Waals surface area contributed by atoms with Gasteiger partial charge in [0.05, 0.1) is 20.6 Å². The minimum atomic E-state index is -0.454. The molecule has 0 saturated heterocycles. The highest BCUT2D eigenvalue weighted by Crippen LogP contribution is 2.50.